The van der Waals surface area contributed by atoms with Gasteiger partial charge in [0.15, 0.2) is 5.69 Å². The number of aliphatic hydroxyl groups excluding tert-OH is 1. The summed E-state index contributed by atoms with van der Waals surface area (Å²) in [6, 6.07) is -0.0378. The van der Waals surface area contributed by atoms with Crippen LogP contribution in [0, 0.1) is 0 Å². The van der Waals surface area contributed by atoms with E-state index < -0.39 is 0 Å². The van der Waals surface area contributed by atoms with Gasteiger partial charge in [0.05, 0.1) is 30.6 Å². The molecule has 14 heavy (non-hydrogen) atoms. The first-order chi connectivity index (χ1) is 6.83. The number of hydrogen-bond donors (Lipinski definition) is 1. The zero-order valence-electron chi connectivity index (χ0n) is 7.59. The van der Waals surface area contributed by atoms with Gasteiger partial charge in [-0.2, -0.15) is 8.75 Å². The van der Waals surface area contributed by atoms with E-state index in [9.17, 15) is 4.79 Å². The molecule has 2 rings (SSSR count). The minimum atomic E-state index is -0.115. The van der Waals surface area contributed by atoms with Crippen LogP contribution < -0.4 is 0 Å². The minimum Gasteiger partial charge on any atom is -0.394 e. The molecule has 0 saturated carbocycles. The van der Waals surface area contributed by atoms with E-state index >= 15 is 0 Å². The van der Waals surface area contributed by atoms with E-state index in [2.05, 4.69) is 8.75 Å². The lowest BCUT2D eigenvalue weighted by Crippen LogP contribution is -2.37. The third kappa shape index (κ3) is 1.62. The van der Waals surface area contributed by atoms with Crippen LogP contribution in [0.15, 0.2) is 6.20 Å². The second-order valence-corrected chi connectivity index (χ2v) is 3.83. The normalized spacial score (nSPS) is 21.5. The molecular weight excluding hydrogens is 202 g/mol. The molecule has 1 atom stereocenters. The highest BCUT2D eigenvalue weighted by molar-refractivity contribution is 6.99. The number of rotatable bonds is 2. The number of carbonyl (C=O) groups excluding carboxylic acids is 1. The van der Waals surface area contributed by atoms with Crippen molar-refractivity contribution in [3.63, 3.8) is 0 Å². The highest BCUT2D eigenvalue weighted by atomic mass is 32.1. The Morgan fingerprint density at radius 2 is 2.64 bits per heavy atom. The molecule has 1 unspecified atom stereocenters. The molecule has 2 heterocycles. The van der Waals surface area contributed by atoms with Gasteiger partial charge in [0.1, 0.15) is 0 Å². The first-order valence-corrected chi connectivity index (χ1v) is 5.25. The fourth-order valence-corrected chi connectivity index (χ4v) is 2.11. The van der Waals surface area contributed by atoms with Gasteiger partial charge in [-0.3, -0.25) is 4.79 Å². The van der Waals surface area contributed by atoms with Gasteiger partial charge < -0.3 is 10.0 Å². The van der Waals surface area contributed by atoms with Gasteiger partial charge in [0.2, 0.25) is 0 Å². The van der Waals surface area contributed by atoms with Crippen molar-refractivity contribution >= 4 is 17.6 Å². The lowest BCUT2D eigenvalue weighted by atomic mass is 10.2. The Morgan fingerprint density at radius 1 is 1.79 bits per heavy atom. The van der Waals surface area contributed by atoms with E-state index in [-0.39, 0.29) is 18.6 Å². The van der Waals surface area contributed by atoms with Crippen LogP contribution in [-0.4, -0.2) is 43.9 Å². The molecule has 1 fully saturated rings. The highest BCUT2D eigenvalue weighted by Gasteiger charge is 2.29. The van der Waals surface area contributed by atoms with Crippen molar-refractivity contribution in [3.05, 3.63) is 11.9 Å². The van der Waals surface area contributed by atoms with Crippen LogP contribution in [0.5, 0.6) is 0 Å². The molecule has 1 amide bonds. The summed E-state index contributed by atoms with van der Waals surface area (Å²) >= 11 is 1.03. The molecule has 76 valence electrons. The Hall–Kier alpha value is -1.01. The Balaban J connectivity index is 2.11. The summed E-state index contributed by atoms with van der Waals surface area (Å²) in [7, 11) is 0. The van der Waals surface area contributed by atoms with Crippen molar-refractivity contribution in [2.24, 2.45) is 0 Å². The van der Waals surface area contributed by atoms with Crippen molar-refractivity contribution in [1.82, 2.24) is 13.6 Å². The first-order valence-electron chi connectivity index (χ1n) is 4.52. The molecule has 1 aliphatic rings. The van der Waals surface area contributed by atoms with Crippen molar-refractivity contribution in [2.75, 3.05) is 13.2 Å². The SMILES string of the molecule is O=C(c1cnsn1)N1CCCC1CO. The molecule has 6 heteroatoms. The van der Waals surface area contributed by atoms with Gasteiger partial charge in [-0.1, -0.05) is 0 Å². The minimum absolute atomic E-state index is 0.0311. The molecular formula is C8H11N3O2S. The number of nitrogens with zero attached hydrogens (tertiary/aromatic N) is 3. The third-order valence-electron chi connectivity index (χ3n) is 2.43. The largest absolute Gasteiger partial charge is 0.394 e. The standard InChI is InChI=1S/C8H11N3O2S/c12-5-6-2-1-3-11(6)8(13)7-4-9-14-10-7/h4,6,12H,1-3,5H2. The highest BCUT2D eigenvalue weighted by Crippen LogP contribution is 2.18. The summed E-state index contributed by atoms with van der Waals surface area (Å²) < 4.78 is 7.67. The molecule has 0 bridgehead atoms. The van der Waals surface area contributed by atoms with Gasteiger partial charge in [-0.15, -0.1) is 0 Å². The van der Waals surface area contributed by atoms with Crippen LogP contribution >= 0.6 is 11.7 Å². The van der Waals surface area contributed by atoms with Gasteiger partial charge in [-0.05, 0) is 12.8 Å². The molecule has 1 saturated heterocycles. The first kappa shape index (κ1) is 9.54. The zero-order valence-corrected chi connectivity index (χ0v) is 8.40. The number of hydrogen-bond acceptors (Lipinski definition) is 5. The molecule has 1 aromatic rings. The van der Waals surface area contributed by atoms with E-state index in [1.54, 1.807) is 4.90 Å². The van der Waals surface area contributed by atoms with Crippen LogP contribution in [0.2, 0.25) is 0 Å². The summed E-state index contributed by atoms with van der Waals surface area (Å²) in [5.74, 6) is -0.115. The molecule has 0 spiro atoms. The Bertz CT molecular complexity index is 314. The summed E-state index contributed by atoms with van der Waals surface area (Å²) in [4.78, 5) is 13.5. The second-order valence-electron chi connectivity index (χ2n) is 3.27. The predicted octanol–water partition coefficient (Wildman–Crippen LogP) is 0.135. The molecule has 1 N–H and O–H groups in total. The molecule has 1 aromatic heterocycles. The van der Waals surface area contributed by atoms with E-state index in [0.29, 0.717) is 12.2 Å². The molecule has 1 aliphatic heterocycles. The summed E-state index contributed by atoms with van der Waals surface area (Å²) in [6.45, 7) is 0.741. The predicted molar refractivity (Wildman–Crippen MR) is 51.1 cm³/mol. The van der Waals surface area contributed by atoms with E-state index in [0.717, 1.165) is 24.6 Å². The third-order valence-corrected chi connectivity index (χ3v) is 2.91. The maximum absolute atomic E-state index is 11.8. The quantitative estimate of drug-likeness (QED) is 0.758. The van der Waals surface area contributed by atoms with E-state index in [4.69, 9.17) is 5.11 Å². The van der Waals surface area contributed by atoms with Crippen LogP contribution in [-0.2, 0) is 0 Å². The van der Waals surface area contributed by atoms with Crippen molar-refractivity contribution in [2.45, 2.75) is 18.9 Å². The van der Waals surface area contributed by atoms with Crippen molar-refractivity contribution in [3.8, 4) is 0 Å². The molecule has 0 aliphatic carbocycles. The number of likely N-dealkylation sites (tertiary alicyclic amines) is 1. The van der Waals surface area contributed by atoms with Crippen LogP contribution in [0.1, 0.15) is 23.3 Å². The summed E-state index contributed by atoms with van der Waals surface area (Å²) in [5, 5.41) is 9.06. The van der Waals surface area contributed by atoms with Crippen LogP contribution in [0.25, 0.3) is 0 Å². The maximum atomic E-state index is 11.8. The molecule has 0 aromatic carbocycles. The number of amides is 1. The topological polar surface area (TPSA) is 66.3 Å². The monoisotopic (exact) mass is 213 g/mol. The summed E-state index contributed by atoms with van der Waals surface area (Å²) in [5.41, 5.74) is 0.385. The Labute approximate surface area is 85.7 Å². The Morgan fingerprint density at radius 3 is 3.29 bits per heavy atom. The molecule has 0 radical (unpaired) electrons. The van der Waals surface area contributed by atoms with Gasteiger partial charge in [0.25, 0.3) is 5.91 Å². The number of carbonyl (C=O) groups is 1. The van der Waals surface area contributed by atoms with E-state index in [1.807, 2.05) is 0 Å². The number of aliphatic hydroxyl groups is 1. The van der Waals surface area contributed by atoms with Gasteiger partial charge in [-0.25, -0.2) is 0 Å². The van der Waals surface area contributed by atoms with Crippen LogP contribution in [0.3, 0.4) is 0 Å². The van der Waals surface area contributed by atoms with Crippen LogP contribution in [0.4, 0.5) is 0 Å². The van der Waals surface area contributed by atoms with Crippen molar-refractivity contribution < 1.29 is 9.90 Å². The second kappa shape index (κ2) is 4.02. The average molecular weight is 213 g/mol. The fourth-order valence-electron chi connectivity index (χ4n) is 1.70. The number of aromatic nitrogens is 2. The van der Waals surface area contributed by atoms with Crippen molar-refractivity contribution in [1.29, 1.82) is 0 Å². The zero-order chi connectivity index (χ0) is 9.97. The van der Waals surface area contributed by atoms with Gasteiger partial charge in [0, 0.05) is 6.54 Å². The average Bonchev–Trinajstić information content (AvgIpc) is 2.87. The smallest absolute Gasteiger partial charge is 0.275 e. The van der Waals surface area contributed by atoms with E-state index in [1.165, 1.54) is 6.20 Å². The lowest BCUT2D eigenvalue weighted by Gasteiger charge is -2.21. The summed E-state index contributed by atoms with van der Waals surface area (Å²) in [6.07, 6.45) is 3.30. The molecule has 5 nitrogen and oxygen atoms in total. The Kier molecular flexibility index (Phi) is 2.74. The lowest BCUT2D eigenvalue weighted by molar-refractivity contribution is 0.0673. The van der Waals surface area contributed by atoms with Gasteiger partial charge >= 0.3 is 0 Å². The fraction of sp³-hybridized carbons (Fsp3) is 0.625. The maximum Gasteiger partial charge on any atom is 0.275 e.